The summed E-state index contributed by atoms with van der Waals surface area (Å²) in [5.41, 5.74) is 3.31. The lowest BCUT2D eigenvalue weighted by Crippen LogP contribution is -2.37. The predicted octanol–water partition coefficient (Wildman–Crippen LogP) is 2.83. The molecule has 4 aromatic heterocycles. The van der Waals surface area contributed by atoms with Gasteiger partial charge in [0.1, 0.15) is 11.9 Å². The second kappa shape index (κ2) is 11.7. The lowest BCUT2D eigenvalue weighted by molar-refractivity contribution is 0.121. The van der Waals surface area contributed by atoms with E-state index in [0.717, 1.165) is 37.8 Å². The zero-order valence-electron chi connectivity index (χ0n) is 23.6. The van der Waals surface area contributed by atoms with E-state index >= 15 is 0 Å². The largest absolute Gasteiger partial charge is 0.759 e. The number of rotatable bonds is 9. The highest BCUT2D eigenvalue weighted by atomic mass is 32.2. The van der Waals surface area contributed by atoms with E-state index in [0.29, 0.717) is 60.5 Å². The molecule has 2 aliphatic rings. The first-order chi connectivity index (χ1) is 20.3. The van der Waals surface area contributed by atoms with Crippen molar-refractivity contribution in [2.24, 2.45) is 7.05 Å². The fourth-order valence-electron chi connectivity index (χ4n) is 5.59. The highest BCUT2D eigenvalue weighted by molar-refractivity contribution is 7.92. The first kappa shape index (κ1) is 28.2. The number of hydrogen-bond donors (Lipinski definition) is 1. The number of morpholine rings is 1. The molecule has 0 spiro atoms. The summed E-state index contributed by atoms with van der Waals surface area (Å²) in [5, 5.41) is 11.8. The van der Waals surface area contributed by atoms with Crippen molar-refractivity contribution >= 4 is 38.4 Å². The number of aromatic nitrogens is 6. The minimum atomic E-state index is -3.73. The lowest BCUT2D eigenvalue weighted by atomic mass is 9.93. The number of fused-ring (bicyclic) bond motifs is 1. The fourth-order valence-corrected chi connectivity index (χ4v) is 6.44. The Morgan fingerprint density at radius 3 is 2.60 bits per heavy atom. The third-order valence-corrected chi connectivity index (χ3v) is 9.13. The van der Waals surface area contributed by atoms with Crippen molar-refractivity contribution in [3.8, 4) is 5.88 Å². The van der Waals surface area contributed by atoms with E-state index in [1.54, 1.807) is 24.8 Å². The van der Waals surface area contributed by atoms with Gasteiger partial charge in [-0.15, -0.1) is 0 Å². The third-order valence-electron chi connectivity index (χ3n) is 7.99. The summed E-state index contributed by atoms with van der Waals surface area (Å²) in [5.74, 6) is 1.27. The molecular weight excluding hydrogens is 562 g/mol. The van der Waals surface area contributed by atoms with E-state index in [1.165, 1.54) is 21.3 Å². The number of nitrogens with zero attached hydrogens (tertiary/aromatic N) is 8. The summed E-state index contributed by atoms with van der Waals surface area (Å²) >= 11 is 0. The molecule has 0 radical (unpaired) electrons. The molecule has 1 saturated heterocycles. The minimum Gasteiger partial charge on any atom is -0.759 e. The van der Waals surface area contributed by atoms with Gasteiger partial charge in [0.2, 0.25) is 15.9 Å². The molecule has 14 nitrogen and oxygen atoms in total. The first-order valence-corrected chi connectivity index (χ1v) is 15.8. The maximum atomic E-state index is 13.0. The summed E-state index contributed by atoms with van der Waals surface area (Å²) in [6.45, 7) is 2.60. The van der Waals surface area contributed by atoms with Crippen LogP contribution in [0.5, 0.6) is 5.88 Å². The molecule has 1 aliphatic heterocycles. The van der Waals surface area contributed by atoms with Crippen LogP contribution in [-0.2, 0) is 28.4 Å². The molecule has 15 heteroatoms. The summed E-state index contributed by atoms with van der Waals surface area (Å²) in [4.78, 5) is 20.0. The second-order valence-electron chi connectivity index (χ2n) is 10.7. The third kappa shape index (κ3) is 5.84. The Morgan fingerprint density at radius 1 is 1.14 bits per heavy atom. The van der Waals surface area contributed by atoms with Crippen LogP contribution in [0.3, 0.4) is 0 Å². The Hall–Kier alpha value is -3.95. The van der Waals surface area contributed by atoms with Gasteiger partial charge in [-0.05, 0) is 31.7 Å². The Kier molecular flexibility index (Phi) is 7.88. The molecule has 0 bridgehead atoms. The van der Waals surface area contributed by atoms with Gasteiger partial charge in [0.15, 0.2) is 5.95 Å². The van der Waals surface area contributed by atoms with Crippen LogP contribution in [0.2, 0.25) is 0 Å². The SMILES string of the molecule is Cn1c(CN(c2cnc3cc(N4CCOCC4)nc(OC4CCC(n5ccnc5)CC4)c3c2)S(C)(=O)=O)cnc1N[O-]. The Labute approximate surface area is 243 Å². The highest BCUT2D eigenvalue weighted by Gasteiger charge is 2.27. The molecule has 5 heterocycles. The fraction of sp³-hybridized carbons (Fsp3) is 0.481. The van der Waals surface area contributed by atoms with Crippen LogP contribution in [0.25, 0.3) is 10.9 Å². The van der Waals surface area contributed by atoms with Gasteiger partial charge in [-0.1, -0.05) is 0 Å². The number of anilines is 3. The molecule has 0 unspecified atom stereocenters. The van der Waals surface area contributed by atoms with E-state index in [4.69, 9.17) is 14.5 Å². The number of pyridine rings is 2. The number of hydrogen-bond acceptors (Lipinski definition) is 11. The van der Waals surface area contributed by atoms with Gasteiger partial charge in [0.05, 0.1) is 67.0 Å². The summed E-state index contributed by atoms with van der Waals surface area (Å²) in [6, 6.07) is 4.05. The van der Waals surface area contributed by atoms with Crippen LogP contribution in [0.15, 0.2) is 43.2 Å². The van der Waals surface area contributed by atoms with Crippen molar-refractivity contribution in [3.63, 3.8) is 0 Å². The Bertz CT molecular complexity index is 1630. The maximum Gasteiger partial charge on any atom is 0.232 e. The van der Waals surface area contributed by atoms with E-state index < -0.39 is 10.0 Å². The number of imidazole rings is 2. The quantitative estimate of drug-likeness (QED) is 0.284. The van der Waals surface area contributed by atoms with Crippen molar-refractivity contribution in [1.29, 1.82) is 0 Å². The standard InChI is InChI=1S/C27H34N9O5S/c1-33-21(16-30-27(33)32-37)17-36(42(2,38)39)20-13-23-24(29-15-20)14-25(34-9-11-40-12-10-34)31-26(23)41-22-5-3-19(4-6-22)35-8-7-28-18-35/h7-8,13-16,18-19,22H,3-6,9-12,17H2,1-2H3,(H-,30,32,37)/q-1. The number of nitrogens with one attached hydrogen (secondary N) is 1. The Morgan fingerprint density at radius 2 is 1.93 bits per heavy atom. The van der Waals surface area contributed by atoms with Gasteiger partial charge in [-0.2, -0.15) is 4.98 Å². The monoisotopic (exact) mass is 596 g/mol. The smallest absolute Gasteiger partial charge is 0.232 e. The van der Waals surface area contributed by atoms with E-state index in [1.807, 2.05) is 18.6 Å². The molecule has 0 aromatic carbocycles. The van der Waals surface area contributed by atoms with Crippen LogP contribution in [0.4, 0.5) is 17.5 Å². The zero-order valence-corrected chi connectivity index (χ0v) is 24.4. The predicted molar refractivity (Wildman–Crippen MR) is 158 cm³/mol. The van der Waals surface area contributed by atoms with Gasteiger partial charge in [-0.25, -0.2) is 18.4 Å². The van der Waals surface area contributed by atoms with Gasteiger partial charge >= 0.3 is 0 Å². The van der Waals surface area contributed by atoms with E-state index in [9.17, 15) is 13.6 Å². The number of sulfonamides is 1. The zero-order chi connectivity index (χ0) is 29.3. The first-order valence-electron chi connectivity index (χ1n) is 13.9. The van der Waals surface area contributed by atoms with Crippen LogP contribution in [0.1, 0.15) is 37.4 Å². The maximum absolute atomic E-state index is 13.0. The topological polar surface area (TPSA) is 156 Å². The summed E-state index contributed by atoms with van der Waals surface area (Å²) < 4.78 is 43.0. The van der Waals surface area contributed by atoms with Crippen LogP contribution in [0, 0.1) is 5.21 Å². The molecule has 1 N–H and O–H groups in total. The molecule has 2 fully saturated rings. The molecule has 1 saturated carbocycles. The van der Waals surface area contributed by atoms with Crippen molar-refractivity contribution in [1.82, 2.24) is 29.1 Å². The molecule has 0 amide bonds. The van der Waals surface area contributed by atoms with Crippen molar-refractivity contribution in [2.45, 2.75) is 44.4 Å². The van der Waals surface area contributed by atoms with Crippen molar-refractivity contribution in [3.05, 3.63) is 54.1 Å². The average Bonchev–Trinajstić information content (AvgIpc) is 3.66. The normalized spacial score (nSPS) is 19.6. The van der Waals surface area contributed by atoms with Gasteiger partial charge in [0, 0.05) is 44.6 Å². The molecule has 224 valence electrons. The van der Waals surface area contributed by atoms with Crippen LogP contribution in [-0.4, -0.2) is 76.2 Å². The molecule has 4 aromatic rings. The summed E-state index contributed by atoms with van der Waals surface area (Å²) in [7, 11) is -2.08. The van der Waals surface area contributed by atoms with Gasteiger partial charge in [0.25, 0.3) is 0 Å². The second-order valence-corrected chi connectivity index (χ2v) is 12.6. The minimum absolute atomic E-state index is 0.0368. The molecule has 42 heavy (non-hydrogen) atoms. The number of ether oxygens (including phenoxy) is 2. The summed E-state index contributed by atoms with van der Waals surface area (Å²) in [6.07, 6.45) is 13.4. The molecular formula is C27H34N9O5S-. The van der Waals surface area contributed by atoms with E-state index in [2.05, 4.69) is 24.4 Å². The van der Waals surface area contributed by atoms with E-state index in [-0.39, 0.29) is 18.6 Å². The lowest BCUT2D eigenvalue weighted by Gasteiger charge is -2.31. The molecule has 6 rings (SSSR count). The van der Waals surface area contributed by atoms with Crippen LogP contribution >= 0.6 is 0 Å². The highest BCUT2D eigenvalue weighted by Crippen LogP contribution is 2.35. The van der Waals surface area contributed by atoms with Crippen molar-refractivity contribution in [2.75, 3.05) is 47.2 Å². The van der Waals surface area contributed by atoms with Crippen molar-refractivity contribution < 1.29 is 17.9 Å². The molecule has 0 atom stereocenters. The van der Waals surface area contributed by atoms with Crippen LogP contribution < -0.4 is 19.4 Å². The van der Waals surface area contributed by atoms with Gasteiger partial charge in [-0.3, -0.25) is 9.29 Å². The Balaban J connectivity index is 1.34. The van der Waals surface area contributed by atoms with Gasteiger partial charge < -0.3 is 34.2 Å². The molecule has 1 aliphatic carbocycles. The average molecular weight is 597 g/mol.